The number of amides is 1. The molecular formula is C24H27F3N2O5. The lowest BCUT2D eigenvalue weighted by molar-refractivity contribution is -0.131. The Morgan fingerprint density at radius 3 is 2.18 bits per heavy atom. The van der Waals surface area contributed by atoms with Gasteiger partial charge in [0.15, 0.2) is 0 Å². The zero-order valence-corrected chi connectivity index (χ0v) is 19.3. The van der Waals surface area contributed by atoms with Crippen LogP contribution in [-0.2, 0) is 16.8 Å². The van der Waals surface area contributed by atoms with Crippen LogP contribution >= 0.6 is 0 Å². The number of aromatic nitrogens is 1. The molecule has 1 aliphatic heterocycles. The highest BCUT2D eigenvalue weighted by atomic mass is 19.4. The second-order valence-corrected chi connectivity index (χ2v) is 9.86. The Labute approximate surface area is 195 Å². The minimum absolute atomic E-state index is 0.0187. The normalized spacial score (nSPS) is 17.5. The van der Waals surface area contributed by atoms with Crippen molar-refractivity contribution in [2.24, 2.45) is 5.41 Å². The number of carbonyl (C=O) groups excluding carboxylic acids is 1. The number of likely N-dealkylation sites (tertiary alicyclic amines) is 1. The van der Waals surface area contributed by atoms with Crippen LogP contribution in [0.15, 0.2) is 42.7 Å². The first-order chi connectivity index (χ1) is 15.5. The SMILES string of the molecule is CC(C)(C)OC(=O)N1CC(C)(C(O)(c2ccc(CC(F)(F)F)cc2)c2cncc(C(=O)O)c2)C1. The molecule has 1 amide bonds. The molecule has 1 aromatic carbocycles. The Morgan fingerprint density at radius 2 is 1.68 bits per heavy atom. The molecule has 2 aromatic rings. The van der Waals surface area contributed by atoms with Gasteiger partial charge in [0, 0.05) is 36.5 Å². The van der Waals surface area contributed by atoms with Gasteiger partial charge in [0.1, 0.15) is 11.2 Å². The average Bonchev–Trinajstić information content (AvgIpc) is 2.69. The lowest BCUT2D eigenvalue weighted by Crippen LogP contribution is -2.66. The zero-order chi connectivity index (χ0) is 25.5. The van der Waals surface area contributed by atoms with E-state index < -0.39 is 41.3 Å². The minimum atomic E-state index is -4.38. The molecule has 184 valence electrons. The molecule has 0 radical (unpaired) electrons. The standard InChI is InChI=1S/C24H27F3N2O5/c1-21(2,3)34-20(32)29-13-22(4,14-29)24(33,18-9-16(19(30)31)11-28-12-18)17-7-5-15(6-8-17)10-23(25,26)27/h5-9,11-12,33H,10,13-14H2,1-4H3,(H,30,31). The quantitative estimate of drug-likeness (QED) is 0.659. The summed E-state index contributed by atoms with van der Waals surface area (Å²) in [7, 11) is 0. The summed E-state index contributed by atoms with van der Waals surface area (Å²) in [6.45, 7) is 7.04. The van der Waals surface area contributed by atoms with Gasteiger partial charge >= 0.3 is 18.2 Å². The Hall–Kier alpha value is -3.14. The van der Waals surface area contributed by atoms with Crippen molar-refractivity contribution in [2.45, 2.75) is 51.5 Å². The minimum Gasteiger partial charge on any atom is -0.478 e. The molecule has 1 saturated heterocycles. The van der Waals surface area contributed by atoms with Crippen LogP contribution < -0.4 is 0 Å². The summed E-state index contributed by atoms with van der Waals surface area (Å²) in [4.78, 5) is 29.3. The van der Waals surface area contributed by atoms with Gasteiger partial charge in [-0.15, -0.1) is 0 Å². The monoisotopic (exact) mass is 480 g/mol. The van der Waals surface area contributed by atoms with Crippen molar-refractivity contribution in [3.05, 3.63) is 65.0 Å². The summed E-state index contributed by atoms with van der Waals surface area (Å²) in [5.41, 5.74) is -3.29. The maximum Gasteiger partial charge on any atom is 0.410 e. The molecule has 10 heteroatoms. The molecule has 0 saturated carbocycles. The number of hydrogen-bond acceptors (Lipinski definition) is 5. The van der Waals surface area contributed by atoms with Gasteiger partial charge in [-0.1, -0.05) is 31.2 Å². The van der Waals surface area contributed by atoms with Crippen molar-refractivity contribution in [1.29, 1.82) is 0 Å². The summed E-state index contributed by atoms with van der Waals surface area (Å²) in [5.74, 6) is -1.24. The molecule has 1 atom stereocenters. The van der Waals surface area contributed by atoms with E-state index >= 15 is 0 Å². The molecule has 0 spiro atoms. The second kappa shape index (κ2) is 8.57. The molecule has 1 aliphatic rings. The van der Waals surface area contributed by atoms with Crippen molar-refractivity contribution >= 4 is 12.1 Å². The number of nitrogens with zero attached hydrogens (tertiary/aromatic N) is 2. The number of pyridine rings is 1. The molecule has 1 fully saturated rings. The van der Waals surface area contributed by atoms with E-state index in [0.717, 1.165) is 6.20 Å². The number of aromatic carboxylic acids is 1. The van der Waals surface area contributed by atoms with Crippen LogP contribution in [0.3, 0.4) is 0 Å². The van der Waals surface area contributed by atoms with Crippen LogP contribution in [0, 0.1) is 5.41 Å². The number of carbonyl (C=O) groups is 2. The number of benzene rings is 1. The van der Waals surface area contributed by atoms with Gasteiger partial charge in [-0.3, -0.25) is 4.98 Å². The molecule has 34 heavy (non-hydrogen) atoms. The van der Waals surface area contributed by atoms with Crippen molar-refractivity contribution in [3.63, 3.8) is 0 Å². The molecule has 2 N–H and O–H groups in total. The van der Waals surface area contributed by atoms with Gasteiger partial charge in [0.2, 0.25) is 0 Å². The Morgan fingerprint density at radius 1 is 1.09 bits per heavy atom. The van der Waals surface area contributed by atoms with Crippen LogP contribution in [-0.4, -0.2) is 57.0 Å². The van der Waals surface area contributed by atoms with E-state index in [2.05, 4.69) is 4.98 Å². The second-order valence-electron chi connectivity index (χ2n) is 9.86. The largest absolute Gasteiger partial charge is 0.478 e. The fraction of sp³-hybridized carbons (Fsp3) is 0.458. The van der Waals surface area contributed by atoms with Gasteiger partial charge in [0.25, 0.3) is 0 Å². The van der Waals surface area contributed by atoms with E-state index in [4.69, 9.17) is 4.74 Å². The Kier molecular flexibility index (Phi) is 6.43. The molecule has 0 aliphatic carbocycles. The smallest absolute Gasteiger partial charge is 0.410 e. The molecule has 2 heterocycles. The maximum atomic E-state index is 12.8. The first kappa shape index (κ1) is 25.5. The molecular weight excluding hydrogens is 453 g/mol. The number of carboxylic acid groups (broad SMARTS) is 1. The Balaban J connectivity index is 2.01. The lowest BCUT2D eigenvalue weighted by atomic mass is 9.62. The van der Waals surface area contributed by atoms with Crippen LogP contribution in [0.4, 0.5) is 18.0 Å². The number of alkyl halides is 3. The fourth-order valence-corrected chi connectivity index (χ4v) is 4.19. The van der Waals surface area contributed by atoms with E-state index in [1.54, 1.807) is 27.7 Å². The number of rotatable bonds is 5. The van der Waals surface area contributed by atoms with Crippen molar-refractivity contribution in [1.82, 2.24) is 9.88 Å². The van der Waals surface area contributed by atoms with Gasteiger partial charge in [0.05, 0.1) is 12.0 Å². The van der Waals surface area contributed by atoms with E-state index in [-0.39, 0.29) is 35.3 Å². The van der Waals surface area contributed by atoms with E-state index in [9.17, 15) is 33.0 Å². The molecule has 7 nitrogen and oxygen atoms in total. The summed E-state index contributed by atoms with van der Waals surface area (Å²) >= 11 is 0. The van der Waals surface area contributed by atoms with Gasteiger partial charge in [-0.2, -0.15) is 13.2 Å². The van der Waals surface area contributed by atoms with Gasteiger partial charge in [-0.05, 0) is 38.0 Å². The fourth-order valence-electron chi connectivity index (χ4n) is 4.19. The number of halogens is 3. The summed E-state index contributed by atoms with van der Waals surface area (Å²) in [5, 5.41) is 21.5. The van der Waals surface area contributed by atoms with Crippen LogP contribution in [0.25, 0.3) is 0 Å². The van der Waals surface area contributed by atoms with Gasteiger partial charge < -0.3 is 19.8 Å². The molecule has 0 bridgehead atoms. The first-order valence-corrected chi connectivity index (χ1v) is 10.6. The van der Waals surface area contributed by atoms with Crippen molar-refractivity contribution < 1.29 is 37.7 Å². The predicted octanol–water partition coefficient (Wildman–Crippen LogP) is 4.38. The maximum absolute atomic E-state index is 12.8. The third kappa shape index (κ3) is 5.16. The van der Waals surface area contributed by atoms with Crippen molar-refractivity contribution in [2.75, 3.05) is 13.1 Å². The summed E-state index contributed by atoms with van der Waals surface area (Å²) < 4.78 is 43.7. The van der Waals surface area contributed by atoms with Gasteiger partial charge in [-0.25, -0.2) is 9.59 Å². The number of ether oxygens (including phenoxy) is 1. The van der Waals surface area contributed by atoms with E-state index in [0.29, 0.717) is 0 Å². The predicted molar refractivity (Wildman–Crippen MR) is 116 cm³/mol. The van der Waals surface area contributed by atoms with Crippen molar-refractivity contribution in [3.8, 4) is 0 Å². The number of aliphatic hydroxyl groups is 1. The average molecular weight is 480 g/mol. The number of hydrogen-bond donors (Lipinski definition) is 2. The summed E-state index contributed by atoms with van der Waals surface area (Å²) in [6.07, 6.45) is -3.62. The van der Waals surface area contributed by atoms with Crippen LogP contribution in [0.2, 0.25) is 0 Å². The third-order valence-electron chi connectivity index (χ3n) is 5.78. The lowest BCUT2D eigenvalue weighted by Gasteiger charge is -2.56. The molecule has 1 unspecified atom stereocenters. The summed E-state index contributed by atoms with van der Waals surface area (Å²) in [6, 6.07) is 6.60. The Bertz CT molecular complexity index is 1070. The zero-order valence-electron chi connectivity index (χ0n) is 19.3. The molecule has 3 rings (SSSR count). The third-order valence-corrected chi connectivity index (χ3v) is 5.78. The van der Waals surface area contributed by atoms with E-state index in [1.807, 2.05) is 0 Å². The topological polar surface area (TPSA) is 100.0 Å². The highest BCUT2D eigenvalue weighted by molar-refractivity contribution is 5.87. The highest BCUT2D eigenvalue weighted by Gasteiger charge is 2.58. The number of carboxylic acids is 1. The van der Waals surface area contributed by atoms with Crippen LogP contribution in [0.5, 0.6) is 0 Å². The van der Waals surface area contributed by atoms with E-state index in [1.165, 1.54) is 41.4 Å². The first-order valence-electron chi connectivity index (χ1n) is 10.6. The van der Waals surface area contributed by atoms with Crippen LogP contribution in [0.1, 0.15) is 54.7 Å². The molecule has 1 aromatic heterocycles. The highest BCUT2D eigenvalue weighted by Crippen LogP contribution is 2.51.